The van der Waals surface area contributed by atoms with E-state index >= 15 is 0 Å². The lowest BCUT2D eigenvalue weighted by molar-refractivity contribution is -0.0939. The van der Waals surface area contributed by atoms with E-state index in [4.69, 9.17) is 14.5 Å². The summed E-state index contributed by atoms with van der Waals surface area (Å²) >= 11 is 0. The molecular weight excluding hydrogens is 292 g/mol. The average Bonchev–Trinajstić information content (AvgIpc) is 2.44. The highest BCUT2D eigenvalue weighted by molar-refractivity contribution is 5.80. The topological polar surface area (TPSA) is 58.1 Å². The first kappa shape index (κ1) is 20.2. The van der Waals surface area contributed by atoms with Crippen LogP contribution in [0.5, 0.6) is 0 Å². The van der Waals surface area contributed by atoms with Crippen LogP contribution in [-0.4, -0.2) is 74.5 Å². The van der Waals surface area contributed by atoms with Crippen molar-refractivity contribution in [3.05, 3.63) is 0 Å². The molecule has 0 aliphatic carbocycles. The molecule has 1 rings (SSSR count). The zero-order chi connectivity index (χ0) is 17.5. The molecule has 0 spiro atoms. The Balaban J connectivity index is 2.67. The van der Waals surface area contributed by atoms with E-state index in [-0.39, 0.29) is 23.8 Å². The fraction of sp³-hybridized carbons (Fsp3) is 0.941. The van der Waals surface area contributed by atoms with Crippen LogP contribution in [0.2, 0.25) is 0 Å². The van der Waals surface area contributed by atoms with E-state index in [1.807, 2.05) is 0 Å². The number of rotatable bonds is 7. The Kier molecular flexibility index (Phi) is 8.29. The second-order valence-corrected chi connectivity index (χ2v) is 7.17. The van der Waals surface area contributed by atoms with Gasteiger partial charge in [0.25, 0.3) is 0 Å². The monoisotopic (exact) mass is 328 g/mol. The third-order valence-electron chi connectivity index (χ3n) is 4.04. The van der Waals surface area contributed by atoms with Crippen molar-refractivity contribution >= 4 is 5.96 Å². The number of morpholine rings is 1. The molecule has 3 unspecified atom stereocenters. The molecule has 3 atom stereocenters. The molecule has 1 saturated heterocycles. The van der Waals surface area contributed by atoms with Crippen LogP contribution in [0.4, 0.5) is 0 Å². The van der Waals surface area contributed by atoms with Gasteiger partial charge in [-0.2, -0.15) is 0 Å². The van der Waals surface area contributed by atoms with Gasteiger partial charge in [0.15, 0.2) is 5.96 Å². The highest BCUT2D eigenvalue weighted by Gasteiger charge is 2.33. The Morgan fingerprint density at radius 3 is 2.48 bits per heavy atom. The minimum absolute atomic E-state index is 0.000847. The van der Waals surface area contributed by atoms with Crippen molar-refractivity contribution in [3.63, 3.8) is 0 Å². The molecule has 0 saturated carbocycles. The summed E-state index contributed by atoms with van der Waals surface area (Å²) in [6, 6.07) is 0.226. The smallest absolute Gasteiger partial charge is 0.191 e. The Labute approximate surface area is 142 Å². The Hall–Kier alpha value is -0.850. The molecule has 0 bridgehead atoms. The summed E-state index contributed by atoms with van der Waals surface area (Å²) in [5, 5.41) is 6.69. The number of nitrogens with zero attached hydrogens (tertiary/aromatic N) is 2. The highest BCUT2D eigenvalue weighted by Crippen LogP contribution is 2.21. The average molecular weight is 329 g/mol. The van der Waals surface area contributed by atoms with Crippen molar-refractivity contribution in [1.29, 1.82) is 0 Å². The summed E-state index contributed by atoms with van der Waals surface area (Å²) in [4.78, 5) is 7.27. The van der Waals surface area contributed by atoms with Crippen LogP contribution in [0, 0.1) is 0 Å². The number of hydrogen-bond acceptors (Lipinski definition) is 4. The molecular formula is C17H36N4O2. The summed E-state index contributed by atoms with van der Waals surface area (Å²) in [7, 11) is 1.71. The third kappa shape index (κ3) is 7.06. The molecule has 1 heterocycles. The number of hydrogen-bond donors (Lipinski definition) is 2. The highest BCUT2D eigenvalue weighted by atomic mass is 16.5. The number of guanidine groups is 1. The van der Waals surface area contributed by atoms with Gasteiger partial charge in [-0.05, 0) is 41.5 Å². The maximum atomic E-state index is 5.84. The first-order valence-electron chi connectivity index (χ1n) is 8.72. The zero-order valence-electron chi connectivity index (χ0n) is 16.0. The molecule has 0 amide bonds. The lowest BCUT2D eigenvalue weighted by atomic mass is 10.0. The molecule has 6 nitrogen and oxygen atoms in total. The van der Waals surface area contributed by atoms with E-state index in [1.54, 1.807) is 7.11 Å². The van der Waals surface area contributed by atoms with E-state index in [1.165, 1.54) is 0 Å². The van der Waals surface area contributed by atoms with E-state index in [2.05, 4.69) is 57.1 Å². The molecule has 23 heavy (non-hydrogen) atoms. The standard InChI is InChI=1S/C17H36N4O2/c1-8-18-16(20-13(2)11-22-7)19-12-17(5,6)21-9-14(3)23-15(4)10-21/h13-15H,8-12H2,1-7H3,(H2,18,19,20). The van der Waals surface area contributed by atoms with Gasteiger partial charge in [0, 0.05) is 38.3 Å². The van der Waals surface area contributed by atoms with Gasteiger partial charge < -0.3 is 20.1 Å². The second kappa shape index (κ2) is 9.45. The fourth-order valence-corrected chi connectivity index (χ4v) is 2.89. The molecule has 6 heteroatoms. The fourth-order valence-electron chi connectivity index (χ4n) is 2.89. The Morgan fingerprint density at radius 1 is 1.35 bits per heavy atom. The van der Waals surface area contributed by atoms with E-state index in [0.717, 1.165) is 32.1 Å². The molecule has 0 radical (unpaired) electrons. The van der Waals surface area contributed by atoms with Gasteiger partial charge in [0.1, 0.15) is 0 Å². The van der Waals surface area contributed by atoms with Crippen LogP contribution in [0.25, 0.3) is 0 Å². The van der Waals surface area contributed by atoms with Crippen molar-refractivity contribution in [2.24, 2.45) is 4.99 Å². The minimum atomic E-state index is -0.000847. The molecule has 136 valence electrons. The van der Waals surface area contributed by atoms with Gasteiger partial charge in [-0.1, -0.05) is 0 Å². The van der Waals surface area contributed by atoms with Gasteiger partial charge in [-0.25, -0.2) is 0 Å². The van der Waals surface area contributed by atoms with Gasteiger partial charge in [-0.15, -0.1) is 0 Å². The quantitative estimate of drug-likeness (QED) is 0.547. The molecule has 1 fully saturated rings. The molecule has 1 aliphatic heterocycles. The van der Waals surface area contributed by atoms with E-state index < -0.39 is 0 Å². The largest absolute Gasteiger partial charge is 0.383 e. The summed E-state index contributed by atoms with van der Waals surface area (Å²) < 4.78 is 11.0. The third-order valence-corrected chi connectivity index (χ3v) is 4.04. The first-order valence-corrected chi connectivity index (χ1v) is 8.72. The Morgan fingerprint density at radius 2 is 1.96 bits per heavy atom. The van der Waals surface area contributed by atoms with Gasteiger partial charge in [0.2, 0.25) is 0 Å². The molecule has 2 N–H and O–H groups in total. The summed E-state index contributed by atoms with van der Waals surface area (Å²) in [6.45, 7) is 17.1. The minimum Gasteiger partial charge on any atom is -0.383 e. The van der Waals surface area contributed by atoms with Crippen molar-refractivity contribution in [1.82, 2.24) is 15.5 Å². The number of nitrogens with one attached hydrogen (secondary N) is 2. The molecule has 0 aromatic rings. The maximum absolute atomic E-state index is 5.84. The predicted octanol–water partition coefficient (Wildman–Crippen LogP) is 1.46. The number of aliphatic imine (C=N–C) groups is 1. The van der Waals surface area contributed by atoms with Crippen molar-refractivity contribution in [2.45, 2.75) is 65.3 Å². The van der Waals surface area contributed by atoms with Crippen LogP contribution in [-0.2, 0) is 9.47 Å². The van der Waals surface area contributed by atoms with Crippen LogP contribution in [0.1, 0.15) is 41.5 Å². The summed E-state index contributed by atoms with van der Waals surface area (Å²) in [5.74, 6) is 0.847. The number of ether oxygens (including phenoxy) is 2. The Bertz CT molecular complexity index is 364. The van der Waals surface area contributed by atoms with Crippen molar-refractivity contribution < 1.29 is 9.47 Å². The molecule has 0 aromatic heterocycles. The van der Waals surface area contributed by atoms with Crippen LogP contribution in [0.15, 0.2) is 4.99 Å². The van der Waals surface area contributed by atoms with Gasteiger partial charge in [-0.3, -0.25) is 9.89 Å². The summed E-state index contributed by atoms with van der Waals surface area (Å²) in [6.07, 6.45) is 0.546. The SMILES string of the molecule is CCNC(=NCC(C)(C)N1CC(C)OC(C)C1)NC(C)COC. The normalized spacial score (nSPS) is 25.3. The number of methoxy groups -OCH3 is 1. The second-order valence-electron chi connectivity index (χ2n) is 7.17. The lowest BCUT2D eigenvalue weighted by Crippen LogP contribution is -2.56. The van der Waals surface area contributed by atoms with E-state index in [9.17, 15) is 0 Å². The predicted molar refractivity (Wildman–Crippen MR) is 96.1 cm³/mol. The van der Waals surface area contributed by atoms with Crippen LogP contribution in [0.3, 0.4) is 0 Å². The van der Waals surface area contributed by atoms with E-state index in [0.29, 0.717) is 6.61 Å². The molecule has 1 aliphatic rings. The van der Waals surface area contributed by atoms with Crippen molar-refractivity contribution in [2.75, 3.05) is 39.9 Å². The van der Waals surface area contributed by atoms with Gasteiger partial charge in [0.05, 0.1) is 25.4 Å². The van der Waals surface area contributed by atoms with Gasteiger partial charge >= 0.3 is 0 Å². The van der Waals surface area contributed by atoms with Crippen LogP contribution >= 0.6 is 0 Å². The van der Waals surface area contributed by atoms with Crippen molar-refractivity contribution in [3.8, 4) is 0 Å². The van der Waals surface area contributed by atoms with Crippen LogP contribution < -0.4 is 10.6 Å². The summed E-state index contributed by atoms with van der Waals surface area (Å²) in [5.41, 5.74) is -0.000847. The lowest BCUT2D eigenvalue weighted by Gasteiger charge is -2.44. The maximum Gasteiger partial charge on any atom is 0.191 e. The first-order chi connectivity index (χ1) is 10.8. The molecule has 0 aromatic carbocycles. The zero-order valence-corrected chi connectivity index (χ0v) is 16.0.